The highest BCUT2D eigenvalue weighted by Crippen LogP contribution is 2.37. The summed E-state index contributed by atoms with van der Waals surface area (Å²) in [7, 11) is 0.355. The molecule has 1 heterocycles. The van der Waals surface area contributed by atoms with Gasteiger partial charge in [0, 0.05) is 24.8 Å². The fourth-order valence-electron chi connectivity index (χ4n) is 3.15. The maximum Gasteiger partial charge on any atom is 0.186 e. The van der Waals surface area contributed by atoms with Crippen molar-refractivity contribution in [3.05, 3.63) is 0 Å². The lowest BCUT2D eigenvalue weighted by Crippen LogP contribution is -2.60. The van der Waals surface area contributed by atoms with Crippen LogP contribution in [0.25, 0.3) is 0 Å². The molecule has 0 atom stereocenters. The predicted molar refractivity (Wildman–Crippen MR) is 84.7 cm³/mol. The molecule has 1 rings (SSSR count). The summed E-state index contributed by atoms with van der Waals surface area (Å²) in [4.78, 5) is 0. The average molecular weight is 304 g/mol. The molecular formula is C15H33NO3Si. The van der Waals surface area contributed by atoms with Gasteiger partial charge < -0.3 is 14.4 Å². The molecule has 1 fully saturated rings. The van der Waals surface area contributed by atoms with Crippen LogP contribution in [0.15, 0.2) is 0 Å². The van der Waals surface area contributed by atoms with Gasteiger partial charge in [0.2, 0.25) is 0 Å². The summed E-state index contributed by atoms with van der Waals surface area (Å²) in [6, 6.07) is 1.13. The van der Waals surface area contributed by atoms with Gasteiger partial charge in [-0.3, -0.25) is 0 Å². The molecule has 4 nitrogen and oxygen atoms in total. The first-order valence-corrected chi connectivity index (χ1v) is 10.8. The Balaban J connectivity index is 2.42. The minimum atomic E-state index is -1.46. The Morgan fingerprint density at radius 1 is 1.15 bits per heavy atom. The van der Waals surface area contributed by atoms with E-state index in [0.717, 1.165) is 31.9 Å². The van der Waals surface area contributed by atoms with Gasteiger partial charge in [-0.2, -0.15) is 5.06 Å². The molecule has 0 amide bonds. The fraction of sp³-hybridized carbons (Fsp3) is 1.00. The van der Waals surface area contributed by atoms with Crippen molar-refractivity contribution >= 4 is 8.32 Å². The lowest BCUT2D eigenvalue weighted by Gasteiger charge is -2.51. The number of piperidine rings is 1. The van der Waals surface area contributed by atoms with Gasteiger partial charge in [-0.05, 0) is 66.1 Å². The number of hydrogen-bond acceptors (Lipinski definition) is 4. The zero-order chi connectivity index (χ0) is 15.6. The second-order valence-corrected chi connectivity index (χ2v) is 12.3. The maximum absolute atomic E-state index is 10.3. The molecule has 0 aromatic heterocycles. The largest absolute Gasteiger partial charge is 0.420 e. The second kappa shape index (κ2) is 6.44. The van der Waals surface area contributed by atoms with Crippen LogP contribution in [-0.2, 0) is 9.16 Å². The molecule has 0 aromatic rings. The molecule has 20 heavy (non-hydrogen) atoms. The van der Waals surface area contributed by atoms with Crippen LogP contribution in [0, 0.1) is 0 Å². The molecule has 0 aromatic carbocycles. The molecule has 1 aliphatic rings. The van der Waals surface area contributed by atoms with Crippen LogP contribution < -0.4 is 0 Å². The zero-order valence-corrected chi connectivity index (χ0v) is 15.3. The van der Waals surface area contributed by atoms with Crippen molar-refractivity contribution in [1.29, 1.82) is 0 Å². The topological polar surface area (TPSA) is 41.9 Å². The first-order chi connectivity index (χ1) is 9.00. The minimum Gasteiger partial charge on any atom is -0.420 e. The minimum absolute atomic E-state index is 0.229. The van der Waals surface area contributed by atoms with Gasteiger partial charge >= 0.3 is 0 Å². The van der Waals surface area contributed by atoms with Gasteiger partial charge in [0.25, 0.3) is 0 Å². The average Bonchev–Trinajstić information content (AvgIpc) is 2.31. The molecule has 1 N–H and O–H groups in total. The van der Waals surface area contributed by atoms with E-state index in [0.29, 0.717) is 0 Å². The third-order valence-corrected chi connectivity index (χ3v) is 7.09. The summed E-state index contributed by atoms with van der Waals surface area (Å²) in [5.41, 5.74) is -0.458. The molecule has 0 spiro atoms. The van der Waals surface area contributed by atoms with Gasteiger partial charge in [0.15, 0.2) is 8.32 Å². The summed E-state index contributed by atoms with van der Waals surface area (Å²) in [5.74, 6) is 0. The van der Waals surface area contributed by atoms with Gasteiger partial charge in [-0.1, -0.05) is 0 Å². The third kappa shape index (κ3) is 4.81. The summed E-state index contributed by atoms with van der Waals surface area (Å²) in [6.45, 7) is 13.6. The van der Waals surface area contributed by atoms with Crippen LogP contribution in [0.5, 0.6) is 0 Å². The van der Waals surface area contributed by atoms with Gasteiger partial charge in [-0.25, -0.2) is 0 Å². The van der Waals surface area contributed by atoms with E-state index in [1.165, 1.54) is 5.06 Å². The molecule has 0 bridgehead atoms. The number of hydroxylamine groups is 2. The van der Waals surface area contributed by atoms with Gasteiger partial charge in [0.05, 0.1) is 6.10 Å². The number of hydrogen-bond donors (Lipinski definition) is 1. The molecule has 5 heteroatoms. The third-order valence-electron chi connectivity index (χ3n) is 4.43. The molecular weight excluding hydrogens is 270 g/mol. The quantitative estimate of drug-likeness (QED) is 0.601. The molecule has 0 radical (unpaired) electrons. The predicted octanol–water partition coefficient (Wildman–Crippen LogP) is 3.66. The lowest BCUT2D eigenvalue weighted by molar-refractivity contribution is -0.261. The van der Waals surface area contributed by atoms with E-state index in [4.69, 9.17) is 9.16 Å². The van der Waals surface area contributed by atoms with E-state index in [2.05, 4.69) is 40.8 Å². The highest BCUT2D eigenvalue weighted by atomic mass is 28.4. The van der Waals surface area contributed by atoms with Crippen LogP contribution in [0.2, 0.25) is 19.1 Å². The van der Waals surface area contributed by atoms with E-state index in [1.54, 1.807) is 0 Å². The van der Waals surface area contributed by atoms with Crippen molar-refractivity contribution in [2.75, 3.05) is 13.7 Å². The summed E-state index contributed by atoms with van der Waals surface area (Å²) in [6.07, 6.45) is 3.04. The highest BCUT2D eigenvalue weighted by molar-refractivity contribution is 6.71. The Kier molecular flexibility index (Phi) is 5.83. The Bertz CT molecular complexity index is 300. The van der Waals surface area contributed by atoms with Crippen molar-refractivity contribution in [2.45, 2.75) is 83.3 Å². The van der Waals surface area contributed by atoms with Crippen LogP contribution in [0.1, 0.15) is 47.0 Å². The van der Waals surface area contributed by atoms with E-state index in [-0.39, 0.29) is 17.2 Å². The van der Waals surface area contributed by atoms with Crippen LogP contribution >= 0.6 is 0 Å². The van der Waals surface area contributed by atoms with E-state index >= 15 is 0 Å². The normalized spacial score (nSPS) is 24.0. The monoisotopic (exact) mass is 303 g/mol. The molecule has 120 valence electrons. The highest BCUT2D eigenvalue weighted by Gasteiger charge is 2.45. The van der Waals surface area contributed by atoms with Gasteiger partial charge in [-0.15, -0.1) is 0 Å². The second-order valence-electron chi connectivity index (χ2n) is 7.91. The maximum atomic E-state index is 10.3. The Morgan fingerprint density at radius 3 is 2.10 bits per heavy atom. The molecule has 0 saturated carbocycles. The fourth-order valence-corrected chi connectivity index (χ4v) is 4.35. The van der Waals surface area contributed by atoms with E-state index in [1.807, 2.05) is 7.11 Å². The standard InChI is InChI=1S/C15H33NO3Si/c1-14(2)11-13(12-15(3,4)16(14)17)19-9-8-10-20(6,7)18-5/h13,17H,8-12H2,1-7H3. The van der Waals surface area contributed by atoms with Crippen molar-refractivity contribution in [2.24, 2.45) is 0 Å². The lowest BCUT2D eigenvalue weighted by atomic mass is 9.80. The summed E-state index contributed by atoms with van der Waals surface area (Å²) >= 11 is 0. The molecule has 1 aliphatic heterocycles. The number of nitrogens with zero attached hydrogens (tertiary/aromatic N) is 1. The van der Waals surface area contributed by atoms with Crippen molar-refractivity contribution in [3.8, 4) is 0 Å². The van der Waals surface area contributed by atoms with Crippen LogP contribution in [-0.4, -0.2) is 49.5 Å². The Hall–Kier alpha value is 0.0569. The smallest absolute Gasteiger partial charge is 0.186 e. The molecule has 0 aliphatic carbocycles. The van der Waals surface area contributed by atoms with Crippen LogP contribution in [0.3, 0.4) is 0 Å². The summed E-state index contributed by atoms with van der Waals surface area (Å²) in [5, 5.41) is 11.8. The number of ether oxygens (including phenoxy) is 1. The van der Waals surface area contributed by atoms with E-state index < -0.39 is 8.32 Å². The molecule has 1 saturated heterocycles. The Labute approximate surface area is 125 Å². The van der Waals surface area contributed by atoms with Crippen LogP contribution in [0.4, 0.5) is 0 Å². The van der Waals surface area contributed by atoms with Crippen molar-refractivity contribution in [3.63, 3.8) is 0 Å². The molecule has 0 unspecified atom stereocenters. The first-order valence-electron chi connectivity index (χ1n) is 7.66. The number of rotatable bonds is 6. The first kappa shape index (κ1) is 18.1. The Morgan fingerprint density at radius 2 is 1.65 bits per heavy atom. The van der Waals surface area contributed by atoms with Crippen molar-refractivity contribution in [1.82, 2.24) is 5.06 Å². The van der Waals surface area contributed by atoms with Crippen molar-refractivity contribution < 1.29 is 14.4 Å². The van der Waals surface area contributed by atoms with E-state index in [9.17, 15) is 5.21 Å². The zero-order valence-electron chi connectivity index (χ0n) is 14.3. The van der Waals surface area contributed by atoms with Gasteiger partial charge in [0.1, 0.15) is 0 Å². The summed E-state index contributed by atoms with van der Waals surface area (Å²) < 4.78 is 11.6. The SMILES string of the molecule is CO[Si](C)(C)CCCOC1CC(C)(C)N(O)C(C)(C)C1.